The Kier molecular flexibility index (Phi) is 4.76. The van der Waals surface area contributed by atoms with Gasteiger partial charge in [-0.3, -0.25) is 14.9 Å². The summed E-state index contributed by atoms with van der Waals surface area (Å²) >= 11 is 0. The lowest BCUT2D eigenvalue weighted by molar-refractivity contribution is -0.384. The minimum Gasteiger partial charge on any atom is -0.497 e. The zero-order valence-electron chi connectivity index (χ0n) is 14.7. The van der Waals surface area contributed by atoms with Crippen molar-refractivity contribution in [2.45, 2.75) is 31.8 Å². The standard InChI is InChI=1S/C19H19NO6/c1-19(2)25-17(13-4-8-14(9-5-13)20(22)23)18(26-19)16(21)12-6-10-15(24-3)11-7-12/h4-11,17-18H,1-3H3/t17-,18+/m0/s1. The molecule has 0 radical (unpaired) electrons. The van der Waals surface area contributed by atoms with E-state index in [9.17, 15) is 14.9 Å². The van der Waals surface area contributed by atoms with E-state index in [0.717, 1.165) is 0 Å². The molecule has 2 aromatic carbocycles. The first kappa shape index (κ1) is 18.0. The van der Waals surface area contributed by atoms with E-state index in [1.807, 2.05) is 0 Å². The zero-order chi connectivity index (χ0) is 18.9. The van der Waals surface area contributed by atoms with Crippen molar-refractivity contribution in [1.29, 1.82) is 0 Å². The Labute approximate surface area is 150 Å². The molecule has 7 heteroatoms. The molecule has 7 nitrogen and oxygen atoms in total. The van der Waals surface area contributed by atoms with E-state index in [1.165, 1.54) is 12.1 Å². The molecule has 0 N–H and O–H groups in total. The number of carbonyl (C=O) groups is 1. The largest absolute Gasteiger partial charge is 0.497 e. The summed E-state index contributed by atoms with van der Waals surface area (Å²) in [6, 6.07) is 12.7. The van der Waals surface area contributed by atoms with Gasteiger partial charge in [0.1, 0.15) is 11.9 Å². The quantitative estimate of drug-likeness (QED) is 0.461. The van der Waals surface area contributed by atoms with Gasteiger partial charge in [0.2, 0.25) is 0 Å². The molecule has 0 spiro atoms. The molecule has 1 fully saturated rings. The fraction of sp³-hybridized carbons (Fsp3) is 0.316. The number of nitro groups is 1. The van der Waals surface area contributed by atoms with Crippen LogP contribution in [-0.2, 0) is 9.47 Å². The molecular formula is C19H19NO6. The minimum atomic E-state index is -0.945. The second kappa shape index (κ2) is 6.86. The summed E-state index contributed by atoms with van der Waals surface area (Å²) in [5.41, 5.74) is 1.10. The number of ketones is 1. The normalized spacial score (nSPS) is 21.3. The van der Waals surface area contributed by atoms with Gasteiger partial charge < -0.3 is 14.2 Å². The fourth-order valence-corrected chi connectivity index (χ4v) is 2.90. The maximum absolute atomic E-state index is 12.9. The van der Waals surface area contributed by atoms with Gasteiger partial charge in [0, 0.05) is 17.7 Å². The highest BCUT2D eigenvalue weighted by atomic mass is 16.8. The summed E-state index contributed by atoms with van der Waals surface area (Å²) < 4.78 is 16.8. The molecule has 0 aromatic heterocycles. The summed E-state index contributed by atoms with van der Waals surface area (Å²) in [7, 11) is 1.55. The van der Waals surface area contributed by atoms with Gasteiger partial charge in [-0.05, 0) is 55.8 Å². The van der Waals surface area contributed by atoms with Crippen molar-refractivity contribution in [2.75, 3.05) is 7.11 Å². The summed E-state index contributed by atoms with van der Waals surface area (Å²) in [6.07, 6.45) is -1.50. The molecular weight excluding hydrogens is 338 g/mol. The van der Waals surface area contributed by atoms with Gasteiger partial charge in [-0.2, -0.15) is 0 Å². The number of methoxy groups -OCH3 is 1. The SMILES string of the molecule is COc1ccc(C(=O)[C@H]2OC(C)(C)O[C@H]2c2ccc([N+](=O)[O-])cc2)cc1. The summed E-state index contributed by atoms with van der Waals surface area (Å²) in [5, 5.41) is 10.8. The number of hydrogen-bond donors (Lipinski definition) is 0. The third-order valence-corrected chi connectivity index (χ3v) is 4.16. The van der Waals surface area contributed by atoms with Crippen LogP contribution < -0.4 is 4.74 Å². The molecule has 0 saturated carbocycles. The molecule has 1 saturated heterocycles. The van der Waals surface area contributed by atoms with Crippen LogP contribution in [0.25, 0.3) is 0 Å². The zero-order valence-corrected chi connectivity index (χ0v) is 14.7. The van der Waals surface area contributed by atoms with Gasteiger partial charge in [-0.15, -0.1) is 0 Å². The highest BCUT2D eigenvalue weighted by Crippen LogP contribution is 2.40. The topological polar surface area (TPSA) is 87.9 Å². The second-order valence-electron chi connectivity index (χ2n) is 6.42. The van der Waals surface area contributed by atoms with Gasteiger partial charge in [0.15, 0.2) is 17.7 Å². The third-order valence-electron chi connectivity index (χ3n) is 4.16. The average Bonchev–Trinajstić information content (AvgIpc) is 2.97. The first-order valence-electron chi connectivity index (χ1n) is 8.09. The molecule has 136 valence electrons. The smallest absolute Gasteiger partial charge is 0.269 e. The lowest BCUT2D eigenvalue weighted by atomic mass is 9.97. The highest BCUT2D eigenvalue weighted by Gasteiger charge is 2.46. The Hall–Kier alpha value is -2.77. The average molecular weight is 357 g/mol. The fourth-order valence-electron chi connectivity index (χ4n) is 2.90. The Morgan fingerprint density at radius 2 is 1.69 bits per heavy atom. The number of hydrogen-bond acceptors (Lipinski definition) is 6. The van der Waals surface area contributed by atoms with E-state index in [2.05, 4.69) is 0 Å². The first-order chi connectivity index (χ1) is 12.3. The van der Waals surface area contributed by atoms with Gasteiger partial charge >= 0.3 is 0 Å². The van der Waals surface area contributed by atoms with Gasteiger partial charge in [0.25, 0.3) is 5.69 Å². The lowest BCUT2D eigenvalue weighted by Gasteiger charge is -2.16. The van der Waals surface area contributed by atoms with Crippen LogP contribution in [0, 0.1) is 10.1 Å². The number of nitrogens with zero attached hydrogens (tertiary/aromatic N) is 1. The van der Waals surface area contributed by atoms with Gasteiger partial charge in [-0.25, -0.2) is 0 Å². The maximum atomic E-state index is 12.9. The molecule has 0 amide bonds. The van der Waals surface area contributed by atoms with E-state index in [-0.39, 0.29) is 11.5 Å². The first-order valence-corrected chi connectivity index (χ1v) is 8.09. The molecule has 3 rings (SSSR count). The number of rotatable bonds is 5. The van der Waals surface area contributed by atoms with Crippen LogP contribution in [-0.4, -0.2) is 29.7 Å². The van der Waals surface area contributed by atoms with Crippen LogP contribution in [0.15, 0.2) is 48.5 Å². The lowest BCUT2D eigenvalue weighted by Crippen LogP contribution is -2.28. The minimum absolute atomic E-state index is 0.0232. The van der Waals surface area contributed by atoms with Gasteiger partial charge in [-0.1, -0.05) is 0 Å². The molecule has 1 aliphatic rings. The predicted octanol–water partition coefficient (Wildman–Crippen LogP) is 3.68. The van der Waals surface area contributed by atoms with Crippen LogP contribution in [0.5, 0.6) is 5.75 Å². The van der Waals surface area contributed by atoms with Crippen LogP contribution in [0.2, 0.25) is 0 Å². The van der Waals surface area contributed by atoms with E-state index in [1.54, 1.807) is 57.4 Å². The Morgan fingerprint density at radius 1 is 1.08 bits per heavy atom. The molecule has 26 heavy (non-hydrogen) atoms. The molecule has 2 atom stereocenters. The van der Waals surface area contributed by atoms with Crippen molar-refractivity contribution >= 4 is 11.5 Å². The van der Waals surface area contributed by atoms with Crippen molar-refractivity contribution in [3.63, 3.8) is 0 Å². The van der Waals surface area contributed by atoms with E-state index in [4.69, 9.17) is 14.2 Å². The number of non-ortho nitro benzene ring substituents is 1. The molecule has 0 bridgehead atoms. The number of benzene rings is 2. The number of ether oxygens (including phenoxy) is 3. The summed E-state index contributed by atoms with van der Waals surface area (Å²) in [4.78, 5) is 23.3. The van der Waals surface area contributed by atoms with Gasteiger partial charge in [0.05, 0.1) is 12.0 Å². The molecule has 1 heterocycles. The number of nitro benzene ring substituents is 1. The van der Waals surface area contributed by atoms with Crippen LogP contribution in [0.3, 0.4) is 0 Å². The maximum Gasteiger partial charge on any atom is 0.269 e. The van der Waals surface area contributed by atoms with Crippen molar-refractivity contribution in [3.05, 3.63) is 69.8 Å². The highest BCUT2D eigenvalue weighted by molar-refractivity contribution is 6.00. The van der Waals surface area contributed by atoms with Crippen molar-refractivity contribution < 1.29 is 23.9 Å². The van der Waals surface area contributed by atoms with Crippen LogP contribution in [0.4, 0.5) is 5.69 Å². The molecule has 0 unspecified atom stereocenters. The van der Waals surface area contributed by atoms with Crippen LogP contribution in [0.1, 0.15) is 35.9 Å². The molecule has 0 aliphatic carbocycles. The Morgan fingerprint density at radius 3 is 2.23 bits per heavy atom. The molecule has 1 aliphatic heterocycles. The Bertz CT molecular complexity index is 813. The summed E-state index contributed by atoms with van der Waals surface area (Å²) in [6.45, 7) is 3.46. The van der Waals surface area contributed by atoms with Crippen LogP contribution >= 0.6 is 0 Å². The van der Waals surface area contributed by atoms with E-state index >= 15 is 0 Å². The predicted molar refractivity (Wildman–Crippen MR) is 93.2 cm³/mol. The Balaban J connectivity index is 1.89. The van der Waals surface area contributed by atoms with Crippen molar-refractivity contribution in [2.24, 2.45) is 0 Å². The summed E-state index contributed by atoms with van der Waals surface area (Å²) in [5.74, 6) is -0.516. The monoisotopic (exact) mass is 357 g/mol. The van der Waals surface area contributed by atoms with Crippen molar-refractivity contribution in [3.8, 4) is 5.75 Å². The second-order valence-corrected chi connectivity index (χ2v) is 6.42. The molecule has 2 aromatic rings. The number of carbonyl (C=O) groups excluding carboxylic acids is 1. The number of Topliss-reactive ketones (excluding diaryl/α,β-unsaturated/α-hetero) is 1. The van der Waals surface area contributed by atoms with Crippen molar-refractivity contribution in [1.82, 2.24) is 0 Å². The van der Waals surface area contributed by atoms with E-state index < -0.39 is 22.9 Å². The third kappa shape index (κ3) is 3.58. The van der Waals surface area contributed by atoms with E-state index in [0.29, 0.717) is 16.9 Å².